The highest BCUT2D eigenvalue weighted by atomic mass is 19.3. The number of rotatable bonds is 2. The van der Waals surface area contributed by atoms with Crippen LogP contribution in [0.25, 0.3) is 0 Å². The third-order valence-corrected chi connectivity index (χ3v) is 3.55. The quantitative estimate of drug-likeness (QED) is 0.797. The number of amides is 1. The molecule has 2 unspecified atom stereocenters. The number of carboxylic acid groups (broad SMARTS) is 1. The molecule has 102 valence electrons. The maximum absolute atomic E-state index is 13.1. The fraction of sp³-hybridized carbons (Fsp3) is 0.818. The van der Waals surface area contributed by atoms with E-state index in [2.05, 4.69) is 0 Å². The van der Waals surface area contributed by atoms with Crippen molar-refractivity contribution in [2.24, 2.45) is 5.41 Å². The number of carbonyl (C=O) groups excluding carboxylic acids is 1. The summed E-state index contributed by atoms with van der Waals surface area (Å²) in [6, 6.07) is 0. The van der Waals surface area contributed by atoms with E-state index in [1.54, 1.807) is 6.92 Å². The maximum Gasteiger partial charge on any atom is 0.334 e. The first kappa shape index (κ1) is 13.2. The monoisotopic (exact) mass is 263 g/mol. The Morgan fingerprint density at radius 1 is 1.39 bits per heavy atom. The molecule has 3 atom stereocenters. The molecule has 0 radical (unpaired) electrons. The van der Waals surface area contributed by atoms with E-state index in [1.165, 1.54) is 11.8 Å². The first-order chi connectivity index (χ1) is 8.17. The number of ether oxygens (including phenoxy) is 1. The first-order valence-electron chi connectivity index (χ1n) is 5.73. The van der Waals surface area contributed by atoms with E-state index in [-0.39, 0.29) is 13.1 Å². The molecule has 18 heavy (non-hydrogen) atoms. The van der Waals surface area contributed by atoms with Gasteiger partial charge in [-0.3, -0.25) is 4.79 Å². The van der Waals surface area contributed by atoms with Crippen molar-refractivity contribution in [2.75, 3.05) is 13.1 Å². The van der Waals surface area contributed by atoms with Gasteiger partial charge in [-0.05, 0) is 13.8 Å². The molecule has 1 heterocycles. The number of alkyl halides is 2. The van der Waals surface area contributed by atoms with Crippen LogP contribution in [0.15, 0.2) is 0 Å². The van der Waals surface area contributed by atoms with E-state index in [1.807, 2.05) is 0 Å². The van der Waals surface area contributed by atoms with Gasteiger partial charge in [0.25, 0.3) is 5.92 Å². The molecule has 0 aromatic carbocycles. The zero-order valence-corrected chi connectivity index (χ0v) is 10.2. The van der Waals surface area contributed by atoms with E-state index < -0.39 is 41.8 Å². The summed E-state index contributed by atoms with van der Waals surface area (Å²) in [7, 11) is 0. The molecular formula is C11H15F2NO4. The van der Waals surface area contributed by atoms with Crippen LogP contribution in [0.2, 0.25) is 0 Å². The molecule has 1 saturated heterocycles. The second kappa shape index (κ2) is 3.88. The minimum Gasteiger partial charge on any atom is -0.479 e. The Bertz CT molecular complexity index is 401. The van der Waals surface area contributed by atoms with Crippen LogP contribution in [-0.4, -0.2) is 53.1 Å². The van der Waals surface area contributed by atoms with Crippen LogP contribution in [0.5, 0.6) is 0 Å². The lowest BCUT2D eigenvalue weighted by molar-refractivity contribution is -0.169. The lowest BCUT2D eigenvalue weighted by Gasteiger charge is -2.36. The smallest absolute Gasteiger partial charge is 0.334 e. The molecule has 1 aliphatic heterocycles. The van der Waals surface area contributed by atoms with Gasteiger partial charge in [-0.25, -0.2) is 13.6 Å². The van der Waals surface area contributed by atoms with Crippen molar-refractivity contribution < 1.29 is 28.2 Å². The van der Waals surface area contributed by atoms with Crippen LogP contribution in [0.1, 0.15) is 20.3 Å². The third kappa shape index (κ3) is 1.96. The summed E-state index contributed by atoms with van der Waals surface area (Å²) in [6.07, 6.45) is -2.09. The number of hydrogen-bond acceptors (Lipinski definition) is 3. The second-order valence-corrected chi connectivity index (χ2v) is 5.20. The van der Waals surface area contributed by atoms with Crippen molar-refractivity contribution in [2.45, 2.75) is 38.4 Å². The Balaban J connectivity index is 2.09. The molecule has 7 heteroatoms. The van der Waals surface area contributed by atoms with Gasteiger partial charge in [-0.15, -0.1) is 0 Å². The van der Waals surface area contributed by atoms with Crippen LogP contribution in [0.4, 0.5) is 8.78 Å². The van der Waals surface area contributed by atoms with Gasteiger partial charge in [0.15, 0.2) is 6.10 Å². The minimum absolute atomic E-state index is 0.147. The van der Waals surface area contributed by atoms with E-state index >= 15 is 0 Å². The Kier molecular flexibility index (Phi) is 2.84. The average molecular weight is 263 g/mol. The number of carbonyl (C=O) groups is 2. The summed E-state index contributed by atoms with van der Waals surface area (Å²) in [5.74, 6) is -4.86. The molecular weight excluding hydrogens is 248 g/mol. The Hall–Kier alpha value is -1.24. The van der Waals surface area contributed by atoms with E-state index in [4.69, 9.17) is 9.84 Å². The summed E-state index contributed by atoms with van der Waals surface area (Å²) in [5, 5.41) is 8.87. The van der Waals surface area contributed by atoms with Crippen LogP contribution >= 0.6 is 0 Å². The standard InChI is InChI=1S/C11H15F2NO4/c1-6-3-14(4-7(18-6)8(15)16)9(17)10(2)5-11(10,12)13/h6-7H,3-5H2,1-2H3,(H,15,16)/t6-,7?,10?/m1/s1. The number of aliphatic carboxylic acids is 1. The van der Waals surface area contributed by atoms with E-state index in [0.29, 0.717) is 0 Å². The predicted octanol–water partition coefficient (Wildman–Crippen LogP) is 0.732. The van der Waals surface area contributed by atoms with Gasteiger partial charge < -0.3 is 14.7 Å². The molecule has 0 bridgehead atoms. The molecule has 1 amide bonds. The molecule has 5 nitrogen and oxygen atoms in total. The highest BCUT2D eigenvalue weighted by Crippen LogP contribution is 2.61. The van der Waals surface area contributed by atoms with Crippen molar-refractivity contribution in [3.05, 3.63) is 0 Å². The zero-order valence-electron chi connectivity index (χ0n) is 10.2. The van der Waals surface area contributed by atoms with Crippen molar-refractivity contribution in [3.63, 3.8) is 0 Å². The lowest BCUT2D eigenvalue weighted by atomic mass is 10.1. The van der Waals surface area contributed by atoms with Gasteiger partial charge in [-0.2, -0.15) is 0 Å². The van der Waals surface area contributed by atoms with Gasteiger partial charge in [0.2, 0.25) is 5.91 Å². The molecule has 2 fully saturated rings. The first-order valence-corrected chi connectivity index (χ1v) is 5.73. The molecule has 2 aliphatic rings. The van der Waals surface area contributed by atoms with Crippen LogP contribution < -0.4 is 0 Å². The number of halogens is 2. The molecule has 2 rings (SSSR count). The normalized spacial score (nSPS) is 38.3. The van der Waals surface area contributed by atoms with Crippen molar-refractivity contribution in [3.8, 4) is 0 Å². The van der Waals surface area contributed by atoms with Crippen LogP contribution in [-0.2, 0) is 14.3 Å². The summed E-state index contributed by atoms with van der Waals surface area (Å²) >= 11 is 0. The summed E-state index contributed by atoms with van der Waals surface area (Å²) < 4.78 is 31.4. The number of hydrogen-bond donors (Lipinski definition) is 1. The number of carboxylic acids is 1. The van der Waals surface area contributed by atoms with Gasteiger partial charge in [0.1, 0.15) is 5.41 Å². The molecule has 1 saturated carbocycles. The van der Waals surface area contributed by atoms with Gasteiger partial charge >= 0.3 is 5.97 Å². The van der Waals surface area contributed by atoms with Crippen molar-refractivity contribution in [1.82, 2.24) is 4.90 Å². The second-order valence-electron chi connectivity index (χ2n) is 5.20. The summed E-state index contributed by atoms with van der Waals surface area (Å²) in [5.41, 5.74) is -1.67. The predicted molar refractivity (Wildman–Crippen MR) is 56.2 cm³/mol. The van der Waals surface area contributed by atoms with Gasteiger partial charge in [-0.1, -0.05) is 0 Å². The Morgan fingerprint density at radius 3 is 2.39 bits per heavy atom. The largest absolute Gasteiger partial charge is 0.479 e. The highest BCUT2D eigenvalue weighted by molar-refractivity contribution is 5.87. The van der Waals surface area contributed by atoms with Crippen molar-refractivity contribution >= 4 is 11.9 Å². The Morgan fingerprint density at radius 2 is 1.94 bits per heavy atom. The molecule has 0 spiro atoms. The SMILES string of the molecule is C[C@@H]1CN(C(=O)C2(C)CC2(F)F)CC(C(=O)O)O1. The van der Waals surface area contributed by atoms with Gasteiger partial charge in [0, 0.05) is 13.0 Å². The third-order valence-electron chi connectivity index (χ3n) is 3.55. The maximum atomic E-state index is 13.1. The van der Waals surface area contributed by atoms with E-state index in [9.17, 15) is 18.4 Å². The molecule has 1 aliphatic carbocycles. The Labute approximate surface area is 103 Å². The topological polar surface area (TPSA) is 66.8 Å². The summed E-state index contributed by atoms with van der Waals surface area (Å²) in [4.78, 5) is 24.0. The number of nitrogens with zero attached hydrogens (tertiary/aromatic N) is 1. The number of morpholine rings is 1. The fourth-order valence-electron chi connectivity index (χ4n) is 2.23. The molecule has 1 N–H and O–H groups in total. The minimum atomic E-state index is -2.98. The van der Waals surface area contributed by atoms with Crippen LogP contribution in [0.3, 0.4) is 0 Å². The molecule has 0 aromatic heterocycles. The summed E-state index contributed by atoms with van der Waals surface area (Å²) in [6.45, 7) is 2.80. The average Bonchev–Trinajstić information content (AvgIpc) is 2.77. The van der Waals surface area contributed by atoms with Crippen LogP contribution in [0, 0.1) is 5.41 Å². The van der Waals surface area contributed by atoms with E-state index in [0.717, 1.165) is 0 Å². The zero-order chi connectivity index (χ0) is 13.7. The lowest BCUT2D eigenvalue weighted by Crippen LogP contribution is -2.53. The molecule has 0 aromatic rings. The van der Waals surface area contributed by atoms with Crippen molar-refractivity contribution in [1.29, 1.82) is 0 Å². The fourth-order valence-corrected chi connectivity index (χ4v) is 2.23. The highest BCUT2D eigenvalue weighted by Gasteiger charge is 2.73. The van der Waals surface area contributed by atoms with Gasteiger partial charge in [0.05, 0.1) is 12.6 Å².